The van der Waals surface area contributed by atoms with Crippen LogP contribution in [0, 0.1) is 0 Å². The third-order valence-corrected chi connectivity index (χ3v) is 2.49. The van der Waals surface area contributed by atoms with E-state index in [1.165, 1.54) is 6.42 Å². The maximum atomic E-state index is 10.4. The van der Waals surface area contributed by atoms with Crippen LogP contribution in [0.4, 0.5) is 0 Å². The van der Waals surface area contributed by atoms with E-state index < -0.39 is 12.0 Å². The van der Waals surface area contributed by atoms with Crippen molar-refractivity contribution in [2.24, 2.45) is 11.5 Å². The van der Waals surface area contributed by atoms with Gasteiger partial charge >= 0.3 is 5.97 Å². The average molecular weight is 231 g/mol. The molecule has 0 aliphatic heterocycles. The van der Waals surface area contributed by atoms with E-state index in [1.54, 1.807) is 0 Å². The van der Waals surface area contributed by atoms with Crippen molar-refractivity contribution in [1.29, 1.82) is 0 Å². The smallest absolute Gasteiger partial charge is 0.320 e. The second-order valence-electron chi connectivity index (χ2n) is 4.04. The number of nitrogens with one attached hydrogen (secondary N) is 1. The van der Waals surface area contributed by atoms with E-state index in [0.717, 1.165) is 45.3 Å². The summed E-state index contributed by atoms with van der Waals surface area (Å²) in [6.07, 6.45) is 5.83. The van der Waals surface area contributed by atoms with Crippen molar-refractivity contribution in [2.45, 2.75) is 44.6 Å². The fraction of sp³-hybridized carbons (Fsp3) is 0.909. The van der Waals surface area contributed by atoms with Crippen LogP contribution in [0.25, 0.3) is 0 Å². The number of carboxylic acids is 1. The van der Waals surface area contributed by atoms with Gasteiger partial charge in [-0.1, -0.05) is 12.8 Å². The van der Waals surface area contributed by atoms with Crippen molar-refractivity contribution in [1.82, 2.24) is 5.32 Å². The van der Waals surface area contributed by atoms with Crippen LogP contribution in [0.2, 0.25) is 0 Å². The van der Waals surface area contributed by atoms with Gasteiger partial charge < -0.3 is 21.9 Å². The summed E-state index contributed by atoms with van der Waals surface area (Å²) >= 11 is 0. The Bertz CT molecular complexity index is 177. The minimum absolute atomic E-state index is 0.560. The van der Waals surface area contributed by atoms with Crippen LogP contribution < -0.4 is 16.8 Å². The van der Waals surface area contributed by atoms with Gasteiger partial charge in [-0.3, -0.25) is 4.79 Å². The molecule has 0 amide bonds. The van der Waals surface area contributed by atoms with Crippen LogP contribution in [0.15, 0.2) is 0 Å². The Balaban J connectivity index is 3.07. The van der Waals surface area contributed by atoms with E-state index in [9.17, 15) is 4.79 Å². The summed E-state index contributed by atoms with van der Waals surface area (Å²) in [5, 5.41) is 11.9. The maximum Gasteiger partial charge on any atom is 0.320 e. The second kappa shape index (κ2) is 10.9. The summed E-state index contributed by atoms with van der Waals surface area (Å²) in [4.78, 5) is 10.4. The molecule has 0 heterocycles. The molecule has 0 unspecified atom stereocenters. The largest absolute Gasteiger partial charge is 0.480 e. The average Bonchev–Trinajstić information content (AvgIpc) is 2.26. The molecule has 6 N–H and O–H groups in total. The van der Waals surface area contributed by atoms with Crippen molar-refractivity contribution >= 4 is 5.97 Å². The molecule has 16 heavy (non-hydrogen) atoms. The Labute approximate surface area is 97.6 Å². The van der Waals surface area contributed by atoms with E-state index in [4.69, 9.17) is 16.6 Å². The van der Waals surface area contributed by atoms with Crippen molar-refractivity contribution in [2.75, 3.05) is 19.6 Å². The zero-order chi connectivity index (χ0) is 12.2. The van der Waals surface area contributed by atoms with Crippen LogP contribution >= 0.6 is 0 Å². The van der Waals surface area contributed by atoms with Crippen molar-refractivity contribution < 1.29 is 9.90 Å². The van der Waals surface area contributed by atoms with Gasteiger partial charge in [0.15, 0.2) is 0 Å². The zero-order valence-corrected chi connectivity index (χ0v) is 9.95. The lowest BCUT2D eigenvalue weighted by Gasteiger charge is -2.06. The highest BCUT2D eigenvalue weighted by molar-refractivity contribution is 5.72. The van der Waals surface area contributed by atoms with E-state index in [-0.39, 0.29) is 0 Å². The zero-order valence-electron chi connectivity index (χ0n) is 9.95. The minimum atomic E-state index is -0.908. The molecule has 0 aromatic carbocycles. The lowest BCUT2D eigenvalue weighted by Crippen LogP contribution is -2.30. The van der Waals surface area contributed by atoms with Crippen LogP contribution in [-0.4, -0.2) is 36.8 Å². The first-order valence-electron chi connectivity index (χ1n) is 6.07. The number of rotatable bonds is 11. The molecule has 0 aromatic rings. The number of nitrogens with two attached hydrogens (primary N) is 2. The van der Waals surface area contributed by atoms with Gasteiger partial charge in [0, 0.05) is 0 Å². The number of hydrogen-bond donors (Lipinski definition) is 4. The molecule has 0 bridgehead atoms. The molecule has 0 aliphatic carbocycles. The van der Waals surface area contributed by atoms with Crippen LogP contribution in [0.1, 0.15) is 38.5 Å². The van der Waals surface area contributed by atoms with Gasteiger partial charge in [-0.05, 0) is 45.3 Å². The molecular formula is C11H25N3O2. The highest BCUT2D eigenvalue weighted by Crippen LogP contribution is 1.98. The molecule has 0 rings (SSSR count). The Hall–Kier alpha value is -0.650. The monoisotopic (exact) mass is 231 g/mol. The van der Waals surface area contributed by atoms with Gasteiger partial charge in [0.2, 0.25) is 0 Å². The molecule has 0 spiro atoms. The lowest BCUT2D eigenvalue weighted by atomic mass is 10.1. The summed E-state index contributed by atoms with van der Waals surface area (Å²) in [6, 6.07) is -0.704. The van der Waals surface area contributed by atoms with Gasteiger partial charge in [0.25, 0.3) is 0 Å². The van der Waals surface area contributed by atoms with Gasteiger partial charge in [-0.2, -0.15) is 0 Å². The molecule has 0 aliphatic rings. The summed E-state index contributed by atoms with van der Waals surface area (Å²) in [5.74, 6) is -0.908. The van der Waals surface area contributed by atoms with Gasteiger partial charge in [0.05, 0.1) is 0 Å². The Morgan fingerprint density at radius 2 is 1.75 bits per heavy atom. The molecule has 0 saturated heterocycles. The fourth-order valence-corrected chi connectivity index (χ4v) is 1.43. The van der Waals surface area contributed by atoms with Crippen LogP contribution in [-0.2, 0) is 4.79 Å². The van der Waals surface area contributed by atoms with E-state index in [1.807, 2.05) is 0 Å². The number of aliphatic carboxylic acids is 1. The molecule has 96 valence electrons. The van der Waals surface area contributed by atoms with E-state index >= 15 is 0 Å². The first kappa shape index (κ1) is 15.3. The van der Waals surface area contributed by atoms with Crippen molar-refractivity contribution in [3.63, 3.8) is 0 Å². The van der Waals surface area contributed by atoms with Gasteiger partial charge in [-0.15, -0.1) is 0 Å². The predicted octanol–water partition coefficient (Wildman–Crippen LogP) is 0.287. The van der Waals surface area contributed by atoms with Gasteiger partial charge in [-0.25, -0.2) is 0 Å². The molecule has 0 radical (unpaired) electrons. The number of hydrogen-bond acceptors (Lipinski definition) is 4. The molecule has 5 nitrogen and oxygen atoms in total. The summed E-state index contributed by atoms with van der Waals surface area (Å²) in [5.41, 5.74) is 10.8. The summed E-state index contributed by atoms with van der Waals surface area (Å²) < 4.78 is 0. The van der Waals surface area contributed by atoms with E-state index in [2.05, 4.69) is 5.32 Å². The third kappa shape index (κ3) is 9.89. The quantitative estimate of drug-likeness (QED) is 0.383. The molecule has 5 heteroatoms. The molecular weight excluding hydrogens is 206 g/mol. The fourth-order valence-electron chi connectivity index (χ4n) is 1.43. The molecule has 0 saturated carbocycles. The highest BCUT2D eigenvalue weighted by Gasteiger charge is 2.09. The number of carbonyl (C=O) groups is 1. The van der Waals surface area contributed by atoms with Crippen LogP contribution in [0.3, 0.4) is 0 Å². The van der Waals surface area contributed by atoms with E-state index in [0.29, 0.717) is 6.42 Å². The number of unbranched alkanes of at least 4 members (excludes halogenated alkanes) is 3. The highest BCUT2D eigenvalue weighted by atomic mass is 16.4. The summed E-state index contributed by atoms with van der Waals surface area (Å²) in [7, 11) is 0. The first-order chi connectivity index (χ1) is 7.68. The van der Waals surface area contributed by atoms with Crippen molar-refractivity contribution in [3.05, 3.63) is 0 Å². The van der Waals surface area contributed by atoms with Crippen molar-refractivity contribution in [3.8, 4) is 0 Å². The summed E-state index contributed by atoms with van der Waals surface area (Å²) in [6.45, 7) is 2.73. The first-order valence-corrected chi connectivity index (χ1v) is 6.07. The topological polar surface area (TPSA) is 101 Å². The predicted molar refractivity (Wildman–Crippen MR) is 65.2 cm³/mol. The number of carboxylic acid groups (broad SMARTS) is 1. The van der Waals surface area contributed by atoms with Gasteiger partial charge in [0.1, 0.15) is 6.04 Å². The van der Waals surface area contributed by atoms with Crippen LogP contribution in [0.5, 0.6) is 0 Å². The Morgan fingerprint density at radius 1 is 1.12 bits per heavy atom. The molecule has 1 atom stereocenters. The normalized spacial score (nSPS) is 12.6. The standard InChI is InChI=1S/C11H25N3O2/c12-7-3-1-4-8-14-9-5-2-6-10(13)11(15)16/h10,14H,1-9,12-13H2,(H,15,16)/t10-/m0/s1. The minimum Gasteiger partial charge on any atom is -0.480 e. The third-order valence-electron chi connectivity index (χ3n) is 2.49. The Morgan fingerprint density at radius 3 is 2.31 bits per heavy atom. The molecule has 0 aromatic heterocycles. The SMILES string of the molecule is NCCCCCNCCCC[C@H](N)C(=O)O. The lowest BCUT2D eigenvalue weighted by molar-refractivity contribution is -0.138. The Kier molecular flexibility index (Phi) is 10.4. The maximum absolute atomic E-state index is 10.4. The molecule has 0 fully saturated rings. The second-order valence-corrected chi connectivity index (χ2v) is 4.04.